The Morgan fingerprint density at radius 1 is 1.35 bits per heavy atom. The average Bonchev–Trinajstić information content (AvgIpc) is 2.90. The zero-order chi connectivity index (χ0) is 14.9. The van der Waals surface area contributed by atoms with E-state index < -0.39 is 11.8 Å². The van der Waals surface area contributed by atoms with Crippen LogP contribution in [0.25, 0.3) is 0 Å². The Hall–Kier alpha value is -2.62. The Morgan fingerprint density at radius 3 is 2.55 bits per heavy atom. The number of nitrogens with two attached hydrogens (primary N) is 3. The molecule has 0 radical (unpaired) electrons. The normalized spacial score (nSPS) is 10.4. The number of primary amides is 2. The van der Waals surface area contributed by atoms with E-state index in [1.54, 1.807) is 6.92 Å². The monoisotopic (exact) mass is 296 g/mol. The van der Waals surface area contributed by atoms with E-state index in [2.05, 4.69) is 15.5 Å². The molecule has 20 heavy (non-hydrogen) atoms. The lowest BCUT2D eigenvalue weighted by molar-refractivity contribution is 0.0999. The molecule has 0 aromatic carbocycles. The first-order valence-corrected chi connectivity index (χ1v) is 6.26. The highest BCUT2D eigenvalue weighted by Crippen LogP contribution is 2.35. The summed E-state index contributed by atoms with van der Waals surface area (Å²) in [6.45, 7) is 1.84. The summed E-state index contributed by atoms with van der Waals surface area (Å²) in [4.78, 5) is 26.7. The van der Waals surface area contributed by atoms with Gasteiger partial charge in [-0.25, -0.2) is 0 Å². The van der Waals surface area contributed by atoms with Gasteiger partial charge >= 0.3 is 0 Å². The van der Waals surface area contributed by atoms with Crippen molar-refractivity contribution in [1.82, 2.24) is 10.1 Å². The summed E-state index contributed by atoms with van der Waals surface area (Å²) in [6, 6.07) is 0. The van der Waals surface area contributed by atoms with E-state index in [1.807, 2.05) is 0 Å². The largest absolute Gasteiger partial charge is 0.397 e. The van der Waals surface area contributed by atoms with Crippen LogP contribution < -0.4 is 22.5 Å². The van der Waals surface area contributed by atoms with Gasteiger partial charge in [-0.2, -0.15) is 4.98 Å². The number of hydrogen-bond donors (Lipinski definition) is 4. The molecule has 0 aliphatic heterocycles. The van der Waals surface area contributed by atoms with Gasteiger partial charge in [0, 0.05) is 0 Å². The van der Waals surface area contributed by atoms with Gasteiger partial charge in [0.05, 0.1) is 17.8 Å². The SMILES string of the molecule is Cc1noc(CNc2sc(C(N)=O)c(N)c2C(N)=O)n1. The Morgan fingerprint density at radius 2 is 2.05 bits per heavy atom. The number of aryl methyl sites for hydroxylation is 1. The van der Waals surface area contributed by atoms with E-state index in [1.165, 1.54) is 0 Å². The highest BCUT2D eigenvalue weighted by atomic mass is 32.1. The standard InChI is InChI=1S/C10H12N6O3S/c1-3-15-4(19-16-3)2-14-10-5(8(12)17)6(11)7(20-10)9(13)18/h14H,2,11H2,1H3,(H2,12,17)(H2,13,18). The van der Waals surface area contributed by atoms with Crippen LogP contribution in [0.1, 0.15) is 31.7 Å². The van der Waals surface area contributed by atoms with Crippen LogP contribution in [0.3, 0.4) is 0 Å². The predicted octanol–water partition coefficient (Wildman–Crippen LogP) is -0.168. The number of hydrogen-bond acceptors (Lipinski definition) is 8. The molecule has 7 N–H and O–H groups in total. The summed E-state index contributed by atoms with van der Waals surface area (Å²) in [5.74, 6) is -0.668. The minimum Gasteiger partial charge on any atom is -0.397 e. The summed E-state index contributed by atoms with van der Waals surface area (Å²) in [6.07, 6.45) is 0. The third-order valence-electron chi connectivity index (χ3n) is 2.39. The van der Waals surface area contributed by atoms with Crippen LogP contribution >= 0.6 is 11.3 Å². The zero-order valence-corrected chi connectivity index (χ0v) is 11.3. The van der Waals surface area contributed by atoms with Gasteiger partial charge in [0.2, 0.25) is 5.89 Å². The second-order valence-corrected chi connectivity index (χ2v) is 4.89. The average molecular weight is 296 g/mol. The maximum Gasteiger partial charge on any atom is 0.260 e. The smallest absolute Gasteiger partial charge is 0.260 e. The Labute approximate surface area is 117 Å². The van der Waals surface area contributed by atoms with E-state index in [0.717, 1.165) is 11.3 Å². The van der Waals surface area contributed by atoms with Gasteiger partial charge in [0.25, 0.3) is 11.8 Å². The van der Waals surface area contributed by atoms with Crippen LogP contribution in [0.5, 0.6) is 0 Å². The summed E-state index contributed by atoms with van der Waals surface area (Å²) in [5.41, 5.74) is 16.1. The minimum absolute atomic E-state index is 0.0278. The lowest BCUT2D eigenvalue weighted by Crippen LogP contribution is -2.16. The molecule has 2 amide bonds. The van der Waals surface area contributed by atoms with Crippen molar-refractivity contribution in [1.29, 1.82) is 0 Å². The number of rotatable bonds is 5. The first kappa shape index (κ1) is 13.8. The van der Waals surface area contributed by atoms with Crippen molar-refractivity contribution >= 4 is 33.8 Å². The van der Waals surface area contributed by atoms with Crippen LogP contribution in [0.4, 0.5) is 10.7 Å². The lowest BCUT2D eigenvalue weighted by Gasteiger charge is -2.02. The number of anilines is 2. The van der Waals surface area contributed by atoms with Crippen molar-refractivity contribution in [3.8, 4) is 0 Å². The van der Waals surface area contributed by atoms with Gasteiger partial charge in [-0.3, -0.25) is 9.59 Å². The van der Waals surface area contributed by atoms with Crippen molar-refractivity contribution in [2.24, 2.45) is 11.5 Å². The maximum absolute atomic E-state index is 11.4. The molecule has 2 aromatic rings. The molecular formula is C10H12N6O3S. The van der Waals surface area contributed by atoms with E-state index in [9.17, 15) is 9.59 Å². The van der Waals surface area contributed by atoms with Gasteiger partial charge < -0.3 is 27.0 Å². The zero-order valence-electron chi connectivity index (χ0n) is 10.5. The van der Waals surface area contributed by atoms with Gasteiger partial charge in [0.15, 0.2) is 5.82 Å². The van der Waals surface area contributed by atoms with Crippen molar-refractivity contribution in [3.05, 3.63) is 22.2 Å². The molecule has 0 aliphatic carbocycles. The summed E-state index contributed by atoms with van der Waals surface area (Å²) >= 11 is 0.947. The molecule has 2 rings (SSSR count). The number of nitrogens with one attached hydrogen (secondary N) is 1. The molecule has 0 unspecified atom stereocenters. The number of amides is 2. The molecule has 10 heteroatoms. The van der Waals surface area contributed by atoms with Crippen molar-refractivity contribution in [2.45, 2.75) is 13.5 Å². The minimum atomic E-state index is -0.754. The second kappa shape index (κ2) is 5.17. The fourth-order valence-electron chi connectivity index (χ4n) is 1.56. The molecule has 2 aromatic heterocycles. The number of thiophene rings is 1. The molecule has 106 valence electrons. The summed E-state index contributed by atoms with van der Waals surface area (Å²) in [7, 11) is 0. The van der Waals surface area contributed by atoms with Gasteiger partial charge in [-0.05, 0) is 6.92 Å². The summed E-state index contributed by atoms with van der Waals surface area (Å²) in [5, 5.41) is 6.83. The first-order chi connectivity index (χ1) is 9.40. The molecule has 2 heterocycles. The molecule has 0 fully saturated rings. The topological polar surface area (TPSA) is 163 Å². The number of nitrogen functional groups attached to an aromatic ring is 1. The molecule has 0 aliphatic rings. The van der Waals surface area contributed by atoms with Gasteiger partial charge in [-0.1, -0.05) is 5.16 Å². The molecule has 0 saturated carbocycles. The summed E-state index contributed by atoms with van der Waals surface area (Å²) < 4.78 is 4.91. The highest BCUT2D eigenvalue weighted by Gasteiger charge is 2.23. The van der Waals surface area contributed by atoms with E-state index in [-0.39, 0.29) is 22.7 Å². The Balaban J connectivity index is 2.28. The highest BCUT2D eigenvalue weighted by molar-refractivity contribution is 7.19. The van der Waals surface area contributed by atoms with Crippen LogP contribution in [-0.4, -0.2) is 22.0 Å². The maximum atomic E-state index is 11.4. The van der Waals surface area contributed by atoms with E-state index in [4.69, 9.17) is 21.7 Å². The van der Waals surface area contributed by atoms with E-state index >= 15 is 0 Å². The number of nitrogens with zero attached hydrogens (tertiary/aromatic N) is 2. The van der Waals surface area contributed by atoms with Crippen LogP contribution in [0, 0.1) is 6.92 Å². The number of carbonyl (C=O) groups excluding carboxylic acids is 2. The Bertz CT molecular complexity index is 677. The van der Waals surface area contributed by atoms with E-state index in [0.29, 0.717) is 16.7 Å². The fraction of sp³-hybridized carbons (Fsp3) is 0.200. The number of aromatic nitrogens is 2. The lowest BCUT2D eigenvalue weighted by atomic mass is 10.2. The fourth-order valence-corrected chi connectivity index (χ4v) is 2.54. The van der Waals surface area contributed by atoms with Crippen LogP contribution in [-0.2, 0) is 6.54 Å². The van der Waals surface area contributed by atoms with Gasteiger partial charge in [-0.15, -0.1) is 11.3 Å². The second-order valence-electron chi connectivity index (χ2n) is 3.87. The number of carbonyl (C=O) groups is 2. The quantitative estimate of drug-likeness (QED) is 0.595. The van der Waals surface area contributed by atoms with Crippen molar-refractivity contribution < 1.29 is 14.1 Å². The molecule has 0 spiro atoms. The molecule has 0 saturated heterocycles. The molecule has 0 bridgehead atoms. The third-order valence-corrected chi connectivity index (χ3v) is 3.56. The van der Waals surface area contributed by atoms with Gasteiger partial charge in [0.1, 0.15) is 9.88 Å². The van der Waals surface area contributed by atoms with Crippen molar-refractivity contribution in [3.63, 3.8) is 0 Å². The predicted molar refractivity (Wildman–Crippen MR) is 72.1 cm³/mol. The Kier molecular flexibility index (Phi) is 3.57. The van der Waals surface area contributed by atoms with Crippen LogP contribution in [0.2, 0.25) is 0 Å². The van der Waals surface area contributed by atoms with Crippen LogP contribution in [0.15, 0.2) is 4.52 Å². The van der Waals surface area contributed by atoms with Crippen molar-refractivity contribution in [2.75, 3.05) is 11.1 Å². The molecular weight excluding hydrogens is 284 g/mol. The first-order valence-electron chi connectivity index (χ1n) is 5.45. The third kappa shape index (κ3) is 2.54. The molecule has 9 nitrogen and oxygen atoms in total. The molecule has 0 atom stereocenters.